The maximum absolute atomic E-state index is 12.3. The minimum Gasteiger partial charge on any atom is -0.495 e. The van der Waals surface area contributed by atoms with Gasteiger partial charge in [-0.2, -0.15) is 0 Å². The summed E-state index contributed by atoms with van der Waals surface area (Å²) >= 11 is 0. The van der Waals surface area contributed by atoms with Gasteiger partial charge >= 0.3 is 5.97 Å². The molecule has 2 aromatic carbocycles. The smallest absolute Gasteiger partial charge is 0.344 e. The van der Waals surface area contributed by atoms with Crippen LogP contribution in [0.25, 0.3) is 0 Å². The molecule has 1 atom stereocenters. The number of nitrogens with zero attached hydrogens (tertiary/aromatic N) is 1. The van der Waals surface area contributed by atoms with Gasteiger partial charge in [0.15, 0.2) is 12.7 Å². The van der Waals surface area contributed by atoms with Gasteiger partial charge in [-0.1, -0.05) is 12.1 Å². The maximum atomic E-state index is 12.3. The molecule has 9 nitrogen and oxygen atoms in total. The summed E-state index contributed by atoms with van der Waals surface area (Å²) in [6.07, 6.45) is -1.14. The molecule has 28 heavy (non-hydrogen) atoms. The summed E-state index contributed by atoms with van der Waals surface area (Å²) in [4.78, 5) is 34.5. The lowest BCUT2D eigenvalue weighted by molar-refractivity contribution is -0.384. The maximum Gasteiger partial charge on any atom is 0.344 e. The first-order valence-electron chi connectivity index (χ1n) is 8.32. The lowest BCUT2D eigenvalue weighted by Crippen LogP contribution is -2.31. The fourth-order valence-electron chi connectivity index (χ4n) is 2.27. The van der Waals surface area contributed by atoms with Crippen LogP contribution in [0.15, 0.2) is 42.5 Å². The number of rotatable bonds is 8. The summed E-state index contributed by atoms with van der Waals surface area (Å²) in [6.45, 7) is 2.91. The number of nitro benzene ring substituents is 1. The third-order valence-corrected chi connectivity index (χ3v) is 3.68. The first-order valence-corrected chi connectivity index (χ1v) is 8.32. The quantitative estimate of drug-likeness (QED) is 0.420. The molecule has 0 aromatic heterocycles. The van der Waals surface area contributed by atoms with Crippen molar-refractivity contribution in [2.45, 2.75) is 20.0 Å². The first kappa shape index (κ1) is 20.7. The van der Waals surface area contributed by atoms with Gasteiger partial charge in [0.25, 0.3) is 11.6 Å². The van der Waals surface area contributed by atoms with E-state index in [4.69, 9.17) is 14.2 Å². The Morgan fingerprint density at radius 1 is 1.21 bits per heavy atom. The Morgan fingerprint density at radius 3 is 2.61 bits per heavy atom. The molecule has 9 heteroatoms. The van der Waals surface area contributed by atoms with E-state index >= 15 is 0 Å². The Kier molecular flexibility index (Phi) is 6.91. The van der Waals surface area contributed by atoms with Crippen molar-refractivity contribution in [3.05, 3.63) is 58.1 Å². The zero-order valence-corrected chi connectivity index (χ0v) is 15.6. The Morgan fingerprint density at radius 2 is 1.96 bits per heavy atom. The Balaban J connectivity index is 1.94. The number of methoxy groups -OCH3 is 1. The minimum absolute atomic E-state index is 0.0978. The molecule has 0 radical (unpaired) electrons. The average molecular weight is 388 g/mol. The van der Waals surface area contributed by atoms with Gasteiger partial charge in [0.1, 0.15) is 11.5 Å². The second kappa shape index (κ2) is 9.36. The average Bonchev–Trinajstić information content (AvgIpc) is 2.66. The molecule has 2 aromatic rings. The van der Waals surface area contributed by atoms with E-state index in [1.54, 1.807) is 18.2 Å². The normalized spacial score (nSPS) is 11.2. The van der Waals surface area contributed by atoms with Crippen LogP contribution in [0.5, 0.6) is 11.5 Å². The monoisotopic (exact) mass is 388 g/mol. The molecule has 0 saturated carbocycles. The number of aryl methyl sites for hydroxylation is 1. The van der Waals surface area contributed by atoms with E-state index in [2.05, 4.69) is 5.32 Å². The fraction of sp³-hybridized carbons (Fsp3) is 0.263. The molecule has 0 aliphatic heterocycles. The SMILES string of the molecule is COc1ccc([N+](=O)[O-])cc1NC(=O)[C@H](C)OC(=O)COc1cccc(C)c1. The number of carbonyl (C=O) groups is 2. The van der Waals surface area contributed by atoms with Crippen LogP contribution >= 0.6 is 0 Å². The van der Waals surface area contributed by atoms with E-state index in [9.17, 15) is 19.7 Å². The molecule has 0 aliphatic carbocycles. The van der Waals surface area contributed by atoms with Crippen molar-refractivity contribution < 1.29 is 28.7 Å². The molecular formula is C19H20N2O7. The molecule has 0 spiro atoms. The number of esters is 1. The summed E-state index contributed by atoms with van der Waals surface area (Å²) in [5, 5.41) is 13.4. The van der Waals surface area contributed by atoms with Crippen LogP contribution < -0.4 is 14.8 Å². The number of anilines is 1. The van der Waals surface area contributed by atoms with Crippen LogP contribution in [0.3, 0.4) is 0 Å². The summed E-state index contributed by atoms with van der Waals surface area (Å²) in [7, 11) is 1.36. The number of hydrogen-bond donors (Lipinski definition) is 1. The molecule has 1 amide bonds. The highest BCUT2D eigenvalue weighted by molar-refractivity contribution is 5.96. The lowest BCUT2D eigenvalue weighted by atomic mass is 10.2. The van der Waals surface area contributed by atoms with Crippen LogP contribution in [-0.2, 0) is 14.3 Å². The van der Waals surface area contributed by atoms with Gasteiger partial charge in [-0.3, -0.25) is 14.9 Å². The Bertz CT molecular complexity index is 882. The van der Waals surface area contributed by atoms with Gasteiger partial charge in [0.2, 0.25) is 0 Å². The van der Waals surface area contributed by atoms with E-state index in [1.165, 1.54) is 26.2 Å². The second-order valence-electron chi connectivity index (χ2n) is 5.87. The van der Waals surface area contributed by atoms with Gasteiger partial charge in [-0.15, -0.1) is 0 Å². The number of hydrogen-bond acceptors (Lipinski definition) is 7. The van der Waals surface area contributed by atoms with Gasteiger partial charge in [-0.25, -0.2) is 4.79 Å². The summed E-state index contributed by atoms with van der Waals surface area (Å²) < 4.78 is 15.4. The lowest BCUT2D eigenvalue weighted by Gasteiger charge is -2.15. The minimum atomic E-state index is -1.14. The number of carbonyl (C=O) groups excluding carboxylic acids is 2. The molecule has 1 N–H and O–H groups in total. The number of nitrogens with one attached hydrogen (secondary N) is 1. The molecule has 0 fully saturated rings. The van der Waals surface area contributed by atoms with E-state index < -0.39 is 22.9 Å². The number of benzene rings is 2. The van der Waals surface area contributed by atoms with Crippen molar-refractivity contribution >= 4 is 23.3 Å². The highest BCUT2D eigenvalue weighted by atomic mass is 16.6. The standard InChI is InChI=1S/C19H20N2O7/c1-12-5-4-6-15(9-12)27-11-18(22)28-13(2)19(23)20-16-10-14(21(24)25)7-8-17(16)26-3/h4-10,13H,11H2,1-3H3,(H,20,23)/t13-/m0/s1. The molecule has 148 valence electrons. The molecule has 0 aliphatic rings. The number of ether oxygens (including phenoxy) is 3. The van der Waals surface area contributed by atoms with E-state index in [1.807, 2.05) is 13.0 Å². The Hall–Kier alpha value is -3.62. The first-order chi connectivity index (χ1) is 13.3. The predicted octanol–water partition coefficient (Wildman–Crippen LogP) is 2.86. The van der Waals surface area contributed by atoms with Crippen molar-refractivity contribution in [2.75, 3.05) is 19.0 Å². The molecule has 0 unspecified atom stereocenters. The van der Waals surface area contributed by atoms with Crippen molar-refractivity contribution in [3.63, 3.8) is 0 Å². The third-order valence-electron chi connectivity index (χ3n) is 3.68. The second-order valence-corrected chi connectivity index (χ2v) is 5.87. The topological polar surface area (TPSA) is 117 Å². The zero-order valence-electron chi connectivity index (χ0n) is 15.6. The summed E-state index contributed by atoms with van der Waals surface area (Å²) in [6, 6.07) is 10.9. The fourth-order valence-corrected chi connectivity index (χ4v) is 2.27. The predicted molar refractivity (Wildman–Crippen MR) is 101 cm³/mol. The number of nitro groups is 1. The van der Waals surface area contributed by atoms with Crippen molar-refractivity contribution in [2.24, 2.45) is 0 Å². The van der Waals surface area contributed by atoms with E-state index in [0.717, 1.165) is 11.6 Å². The molecule has 0 saturated heterocycles. The number of amides is 1. The molecule has 0 heterocycles. The van der Waals surface area contributed by atoms with Crippen LogP contribution in [0.2, 0.25) is 0 Å². The zero-order chi connectivity index (χ0) is 20.7. The summed E-state index contributed by atoms with van der Waals surface area (Å²) in [5.74, 6) is -0.645. The Labute approximate surface area is 161 Å². The highest BCUT2D eigenvalue weighted by Gasteiger charge is 2.21. The summed E-state index contributed by atoms with van der Waals surface area (Å²) in [5.41, 5.74) is 0.859. The van der Waals surface area contributed by atoms with Crippen molar-refractivity contribution in [3.8, 4) is 11.5 Å². The van der Waals surface area contributed by atoms with Gasteiger partial charge in [0.05, 0.1) is 17.7 Å². The van der Waals surface area contributed by atoms with Gasteiger partial charge in [-0.05, 0) is 37.6 Å². The van der Waals surface area contributed by atoms with E-state index in [-0.39, 0.29) is 23.7 Å². The van der Waals surface area contributed by atoms with Gasteiger partial charge < -0.3 is 19.5 Å². The highest BCUT2D eigenvalue weighted by Crippen LogP contribution is 2.29. The largest absolute Gasteiger partial charge is 0.495 e. The van der Waals surface area contributed by atoms with Crippen molar-refractivity contribution in [1.82, 2.24) is 0 Å². The third kappa shape index (κ3) is 5.70. The molecule has 2 rings (SSSR count). The van der Waals surface area contributed by atoms with Crippen LogP contribution in [0.4, 0.5) is 11.4 Å². The van der Waals surface area contributed by atoms with Crippen LogP contribution in [0, 0.1) is 17.0 Å². The van der Waals surface area contributed by atoms with E-state index in [0.29, 0.717) is 5.75 Å². The number of non-ortho nitro benzene ring substituents is 1. The van der Waals surface area contributed by atoms with Gasteiger partial charge in [0, 0.05) is 12.1 Å². The van der Waals surface area contributed by atoms with Crippen molar-refractivity contribution in [1.29, 1.82) is 0 Å². The molecular weight excluding hydrogens is 368 g/mol. The molecule has 0 bridgehead atoms. The van der Waals surface area contributed by atoms with Crippen LogP contribution in [0.1, 0.15) is 12.5 Å². The van der Waals surface area contributed by atoms with Crippen LogP contribution in [-0.4, -0.2) is 36.6 Å².